The summed E-state index contributed by atoms with van der Waals surface area (Å²) in [7, 11) is 2.22. The number of hydrogen-bond acceptors (Lipinski definition) is 1. The van der Waals surface area contributed by atoms with Gasteiger partial charge in [0.05, 0.1) is 25.0 Å². The van der Waals surface area contributed by atoms with E-state index in [1.165, 1.54) is 23.5 Å². The van der Waals surface area contributed by atoms with Crippen LogP contribution in [0.3, 0.4) is 0 Å². The summed E-state index contributed by atoms with van der Waals surface area (Å²) in [6.45, 7) is 0. The predicted molar refractivity (Wildman–Crippen MR) is 65.3 cm³/mol. The topological polar surface area (TPSA) is 21.5 Å². The molecule has 1 aromatic rings. The van der Waals surface area contributed by atoms with Crippen molar-refractivity contribution >= 4 is 5.78 Å². The van der Waals surface area contributed by atoms with E-state index in [0.717, 1.165) is 18.4 Å². The number of benzene rings is 1. The van der Waals surface area contributed by atoms with Gasteiger partial charge in [0.1, 0.15) is 5.82 Å². The van der Waals surface area contributed by atoms with Crippen molar-refractivity contribution in [3.8, 4) is 0 Å². The number of piperidine rings is 1. The Kier molecular flexibility index (Phi) is 2.95. The van der Waals surface area contributed by atoms with Gasteiger partial charge in [0.2, 0.25) is 0 Å². The van der Waals surface area contributed by atoms with E-state index in [4.69, 9.17) is 0 Å². The van der Waals surface area contributed by atoms with Crippen molar-refractivity contribution in [3.63, 3.8) is 0 Å². The van der Waals surface area contributed by atoms with Crippen LogP contribution in [0.15, 0.2) is 18.2 Å². The Bertz CT molecular complexity index is 547. The molecule has 5 atom stereocenters. The fraction of sp³-hybridized carbons (Fsp3) is 0.533. The third-order valence-electron chi connectivity index (χ3n) is 5.44. The Morgan fingerprint density at radius 2 is 2.11 bits per heavy atom. The standard InChI is InChI=1S/C15H16FNO.ClH/c1-17-9-3-5-13(17)14-11(7-9)10-4-2-8(16)6-12(10)15(14)18;/h2,4,6,9,11,13-14H,3,5,7H2,1H3;1H. The quantitative estimate of drug-likeness (QED) is 0.594. The average Bonchev–Trinajstić information content (AvgIpc) is 2.74. The van der Waals surface area contributed by atoms with E-state index >= 15 is 0 Å². The van der Waals surface area contributed by atoms with Crippen LogP contribution < -0.4 is 17.3 Å². The van der Waals surface area contributed by atoms with Crippen LogP contribution in [0.1, 0.15) is 41.1 Å². The van der Waals surface area contributed by atoms with Gasteiger partial charge in [0.15, 0.2) is 5.78 Å². The third-order valence-corrected chi connectivity index (χ3v) is 5.44. The van der Waals surface area contributed by atoms with Gasteiger partial charge in [-0.3, -0.25) is 4.79 Å². The average molecular weight is 282 g/mol. The summed E-state index contributed by atoms with van der Waals surface area (Å²) in [5, 5.41) is 0. The van der Waals surface area contributed by atoms with Crippen molar-refractivity contribution < 1.29 is 26.5 Å². The lowest BCUT2D eigenvalue weighted by Gasteiger charge is -2.36. The molecule has 2 nitrogen and oxygen atoms in total. The number of ketones is 1. The lowest BCUT2D eigenvalue weighted by Crippen LogP contribution is -3.16. The maximum atomic E-state index is 13.3. The minimum absolute atomic E-state index is 0. The molecule has 1 aliphatic carbocycles. The number of carbonyl (C=O) groups excluding carboxylic acids is 1. The fourth-order valence-corrected chi connectivity index (χ4v) is 4.57. The second-order valence-corrected chi connectivity index (χ2v) is 6.09. The van der Waals surface area contributed by atoms with Crippen LogP contribution in [-0.2, 0) is 0 Å². The number of quaternary nitrogens is 1. The number of rotatable bonds is 0. The van der Waals surface area contributed by atoms with Gasteiger partial charge in [-0.25, -0.2) is 4.39 Å². The molecule has 0 saturated carbocycles. The van der Waals surface area contributed by atoms with Crippen LogP contribution in [0.2, 0.25) is 0 Å². The monoisotopic (exact) mass is 281 g/mol. The molecule has 0 amide bonds. The Morgan fingerprint density at radius 1 is 1.32 bits per heavy atom. The van der Waals surface area contributed by atoms with E-state index in [0.29, 0.717) is 23.6 Å². The Hall–Kier alpha value is -0.930. The molecule has 102 valence electrons. The lowest BCUT2D eigenvalue weighted by atomic mass is 9.80. The zero-order valence-corrected chi connectivity index (χ0v) is 11.6. The predicted octanol–water partition coefficient (Wildman–Crippen LogP) is -1.82. The summed E-state index contributed by atoms with van der Waals surface area (Å²) in [6, 6.07) is 5.94. The highest BCUT2D eigenvalue weighted by atomic mass is 35.5. The molecule has 1 aromatic carbocycles. The van der Waals surface area contributed by atoms with Crippen LogP contribution in [0.4, 0.5) is 4.39 Å². The van der Waals surface area contributed by atoms with E-state index in [9.17, 15) is 9.18 Å². The molecule has 4 heteroatoms. The van der Waals surface area contributed by atoms with Gasteiger partial charge in [-0.1, -0.05) is 6.07 Å². The van der Waals surface area contributed by atoms with Gasteiger partial charge < -0.3 is 17.3 Å². The number of carbonyl (C=O) groups is 1. The summed E-state index contributed by atoms with van der Waals surface area (Å²) < 4.78 is 13.3. The van der Waals surface area contributed by atoms with Crippen LogP contribution in [0.5, 0.6) is 0 Å². The molecule has 2 bridgehead atoms. The van der Waals surface area contributed by atoms with Crippen LogP contribution in [0, 0.1) is 11.7 Å². The second kappa shape index (κ2) is 4.29. The molecule has 3 aliphatic rings. The van der Waals surface area contributed by atoms with Gasteiger partial charge in [-0.05, 0) is 17.7 Å². The van der Waals surface area contributed by atoms with Gasteiger partial charge in [0.25, 0.3) is 0 Å². The number of Topliss-reactive ketones (excluding diaryl/α,β-unsaturated/α-hetero) is 1. The summed E-state index contributed by atoms with van der Waals surface area (Å²) in [6.07, 6.45) is 3.49. The van der Waals surface area contributed by atoms with Crippen LogP contribution >= 0.6 is 0 Å². The summed E-state index contributed by atoms with van der Waals surface area (Å²) >= 11 is 0. The van der Waals surface area contributed by atoms with Gasteiger partial charge in [0, 0.05) is 30.7 Å². The molecule has 19 heavy (non-hydrogen) atoms. The molecular weight excluding hydrogens is 265 g/mol. The van der Waals surface area contributed by atoms with E-state index in [1.54, 1.807) is 0 Å². The van der Waals surface area contributed by atoms with E-state index in [2.05, 4.69) is 7.05 Å². The van der Waals surface area contributed by atoms with Crippen molar-refractivity contribution in [2.45, 2.75) is 37.3 Å². The molecule has 2 saturated heterocycles. The molecule has 5 unspecified atom stereocenters. The smallest absolute Gasteiger partial charge is 0.172 e. The molecule has 2 heterocycles. The van der Waals surface area contributed by atoms with Crippen LogP contribution in [0.25, 0.3) is 0 Å². The first kappa shape index (κ1) is 13.1. The molecule has 4 rings (SSSR count). The van der Waals surface area contributed by atoms with Crippen LogP contribution in [-0.4, -0.2) is 24.9 Å². The van der Waals surface area contributed by atoms with Gasteiger partial charge >= 0.3 is 0 Å². The number of hydrogen-bond donors (Lipinski definition) is 1. The molecule has 2 fully saturated rings. The van der Waals surface area contributed by atoms with E-state index in [1.807, 2.05) is 6.07 Å². The molecule has 0 spiro atoms. The lowest BCUT2D eigenvalue weighted by molar-refractivity contribution is -0.925. The first-order chi connectivity index (χ1) is 8.66. The largest absolute Gasteiger partial charge is 1.00 e. The third kappa shape index (κ3) is 1.61. The zero-order chi connectivity index (χ0) is 12.4. The normalized spacial score (nSPS) is 38.6. The summed E-state index contributed by atoms with van der Waals surface area (Å²) in [5.74, 6) is 0.376. The Labute approximate surface area is 118 Å². The van der Waals surface area contributed by atoms with Gasteiger partial charge in [-0.15, -0.1) is 0 Å². The number of halogens is 2. The first-order valence-electron chi connectivity index (χ1n) is 6.84. The SMILES string of the molecule is C[NH+]1C2CCC1C1C(=O)c3cc(F)ccc3C1C2.[Cl-]. The first-order valence-corrected chi connectivity index (χ1v) is 6.84. The molecule has 1 N–H and O–H groups in total. The Morgan fingerprint density at radius 3 is 2.89 bits per heavy atom. The van der Waals surface area contributed by atoms with E-state index < -0.39 is 0 Å². The van der Waals surface area contributed by atoms with Crippen molar-refractivity contribution in [1.82, 2.24) is 0 Å². The number of fused-ring (bicyclic) bond motifs is 6. The fourth-order valence-electron chi connectivity index (χ4n) is 4.57. The molecular formula is C15H17ClFNO. The molecule has 2 aliphatic heterocycles. The van der Waals surface area contributed by atoms with Crippen molar-refractivity contribution in [2.24, 2.45) is 5.92 Å². The highest BCUT2D eigenvalue weighted by Gasteiger charge is 2.56. The van der Waals surface area contributed by atoms with Crippen molar-refractivity contribution in [1.29, 1.82) is 0 Å². The number of nitrogens with one attached hydrogen (secondary N) is 1. The minimum atomic E-state index is -0.286. The maximum absolute atomic E-state index is 13.3. The van der Waals surface area contributed by atoms with Gasteiger partial charge in [-0.2, -0.15) is 0 Å². The molecule has 0 aromatic heterocycles. The highest BCUT2D eigenvalue weighted by molar-refractivity contribution is 6.03. The second-order valence-electron chi connectivity index (χ2n) is 6.09. The van der Waals surface area contributed by atoms with E-state index in [-0.39, 0.29) is 29.9 Å². The molecule has 0 radical (unpaired) electrons. The van der Waals surface area contributed by atoms with Crippen molar-refractivity contribution in [2.75, 3.05) is 7.05 Å². The van der Waals surface area contributed by atoms with Crippen molar-refractivity contribution in [3.05, 3.63) is 35.1 Å². The highest BCUT2D eigenvalue weighted by Crippen LogP contribution is 2.47. The Balaban J connectivity index is 0.00000110. The minimum Gasteiger partial charge on any atom is -1.00 e. The zero-order valence-electron chi connectivity index (χ0n) is 10.8. The summed E-state index contributed by atoms with van der Waals surface area (Å²) in [4.78, 5) is 14.1. The summed E-state index contributed by atoms with van der Waals surface area (Å²) in [5.41, 5.74) is 1.76. The maximum Gasteiger partial charge on any atom is 0.172 e.